The lowest BCUT2D eigenvalue weighted by Crippen LogP contribution is -1.99. The van der Waals surface area contributed by atoms with Crippen molar-refractivity contribution in [3.63, 3.8) is 0 Å². The van der Waals surface area contributed by atoms with Gasteiger partial charge >= 0.3 is 0 Å². The fourth-order valence-corrected chi connectivity index (χ4v) is 1.37. The third-order valence-electron chi connectivity index (χ3n) is 2.22. The molecule has 0 saturated heterocycles. The molecule has 0 aliphatic carbocycles. The number of aryl methyl sites for hydroxylation is 1. The molecular formula is C11H12N4O2. The summed E-state index contributed by atoms with van der Waals surface area (Å²) in [5.74, 6) is 2.27. The number of ether oxygens (including phenoxy) is 2. The summed E-state index contributed by atoms with van der Waals surface area (Å²) >= 11 is 0. The second-order valence-electron chi connectivity index (χ2n) is 3.34. The Kier molecular flexibility index (Phi) is 3.13. The van der Waals surface area contributed by atoms with Crippen LogP contribution < -0.4 is 9.47 Å². The standard InChI is InChI=1S/C11H12N4O2/c1-7-12-14-11(15-13-7)8-4-5-9(16-2)10(6-8)17-3/h4-6H,1-3H3. The van der Waals surface area contributed by atoms with Crippen molar-refractivity contribution in [2.75, 3.05) is 14.2 Å². The average molecular weight is 232 g/mol. The minimum atomic E-state index is 0.455. The van der Waals surface area contributed by atoms with Crippen LogP contribution in [0.15, 0.2) is 18.2 Å². The van der Waals surface area contributed by atoms with Crippen molar-refractivity contribution in [1.29, 1.82) is 0 Å². The fourth-order valence-electron chi connectivity index (χ4n) is 1.37. The van der Waals surface area contributed by atoms with Crippen molar-refractivity contribution in [2.24, 2.45) is 0 Å². The first-order valence-corrected chi connectivity index (χ1v) is 5.01. The van der Waals surface area contributed by atoms with Crippen molar-refractivity contribution < 1.29 is 9.47 Å². The molecule has 0 bridgehead atoms. The monoisotopic (exact) mass is 232 g/mol. The third-order valence-corrected chi connectivity index (χ3v) is 2.22. The van der Waals surface area contributed by atoms with E-state index in [1.807, 2.05) is 6.07 Å². The maximum Gasteiger partial charge on any atom is 0.203 e. The van der Waals surface area contributed by atoms with Crippen LogP contribution in [0.25, 0.3) is 11.4 Å². The van der Waals surface area contributed by atoms with E-state index in [0.29, 0.717) is 23.1 Å². The van der Waals surface area contributed by atoms with E-state index in [-0.39, 0.29) is 0 Å². The Labute approximate surface area is 98.6 Å². The molecule has 0 unspecified atom stereocenters. The van der Waals surface area contributed by atoms with E-state index in [2.05, 4.69) is 20.4 Å². The molecule has 1 heterocycles. The molecule has 1 aromatic heterocycles. The number of aromatic nitrogens is 4. The van der Waals surface area contributed by atoms with Gasteiger partial charge in [0.25, 0.3) is 0 Å². The Bertz CT molecular complexity index is 513. The molecular weight excluding hydrogens is 220 g/mol. The largest absolute Gasteiger partial charge is 0.493 e. The second kappa shape index (κ2) is 4.73. The summed E-state index contributed by atoms with van der Waals surface area (Å²) < 4.78 is 10.3. The molecule has 2 aromatic rings. The van der Waals surface area contributed by atoms with Crippen LogP contribution in [-0.2, 0) is 0 Å². The molecule has 6 nitrogen and oxygen atoms in total. The molecule has 0 radical (unpaired) electrons. The van der Waals surface area contributed by atoms with Crippen LogP contribution in [0, 0.1) is 6.92 Å². The highest BCUT2D eigenvalue weighted by atomic mass is 16.5. The lowest BCUT2D eigenvalue weighted by molar-refractivity contribution is 0.355. The van der Waals surface area contributed by atoms with Gasteiger partial charge in [0.1, 0.15) is 0 Å². The van der Waals surface area contributed by atoms with Crippen molar-refractivity contribution in [2.45, 2.75) is 6.92 Å². The molecule has 1 aromatic carbocycles. The van der Waals surface area contributed by atoms with E-state index >= 15 is 0 Å². The van der Waals surface area contributed by atoms with E-state index in [1.54, 1.807) is 33.3 Å². The Hall–Kier alpha value is -2.24. The first kappa shape index (κ1) is 11.3. The molecule has 0 amide bonds. The zero-order valence-corrected chi connectivity index (χ0v) is 9.84. The van der Waals surface area contributed by atoms with Gasteiger partial charge < -0.3 is 9.47 Å². The maximum atomic E-state index is 5.20. The van der Waals surface area contributed by atoms with Crippen molar-refractivity contribution in [3.05, 3.63) is 24.0 Å². The predicted octanol–water partition coefficient (Wildman–Crippen LogP) is 1.26. The Morgan fingerprint density at radius 2 is 1.53 bits per heavy atom. The molecule has 0 fully saturated rings. The van der Waals surface area contributed by atoms with E-state index in [9.17, 15) is 0 Å². The molecule has 6 heteroatoms. The van der Waals surface area contributed by atoms with Gasteiger partial charge in [-0.2, -0.15) is 0 Å². The molecule has 0 atom stereocenters. The fraction of sp³-hybridized carbons (Fsp3) is 0.273. The van der Waals surface area contributed by atoms with Gasteiger partial charge in [0.2, 0.25) is 5.82 Å². The molecule has 17 heavy (non-hydrogen) atoms. The normalized spacial score (nSPS) is 10.1. The van der Waals surface area contributed by atoms with Gasteiger partial charge in [0.15, 0.2) is 17.3 Å². The zero-order chi connectivity index (χ0) is 12.3. The van der Waals surface area contributed by atoms with Crippen molar-refractivity contribution in [3.8, 4) is 22.9 Å². The summed E-state index contributed by atoms with van der Waals surface area (Å²) in [7, 11) is 3.16. The van der Waals surface area contributed by atoms with Crippen LogP contribution in [0.3, 0.4) is 0 Å². The second-order valence-corrected chi connectivity index (χ2v) is 3.34. The van der Waals surface area contributed by atoms with Crippen LogP contribution in [0.5, 0.6) is 11.5 Å². The first-order chi connectivity index (χ1) is 8.24. The summed E-state index contributed by atoms with van der Waals surface area (Å²) in [6.07, 6.45) is 0. The number of hydrogen-bond donors (Lipinski definition) is 0. The smallest absolute Gasteiger partial charge is 0.203 e. The highest BCUT2D eigenvalue weighted by Crippen LogP contribution is 2.30. The average Bonchev–Trinajstić information content (AvgIpc) is 2.39. The van der Waals surface area contributed by atoms with Crippen molar-refractivity contribution >= 4 is 0 Å². The van der Waals surface area contributed by atoms with E-state index in [1.165, 1.54) is 0 Å². The molecule has 0 N–H and O–H groups in total. The van der Waals surface area contributed by atoms with E-state index in [0.717, 1.165) is 5.56 Å². The number of rotatable bonds is 3. The van der Waals surface area contributed by atoms with Gasteiger partial charge in [-0.3, -0.25) is 0 Å². The minimum Gasteiger partial charge on any atom is -0.493 e. The van der Waals surface area contributed by atoms with Gasteiger partial charge in [-0.1, -0.05) is 0 Å². The molecule has 0 saturated carbocycles. The van der Waals surface area contributed by atoms with Crippen molar-refractivity contribution in [1.82, 2.24) is 20.4 Å². The van der Waals surface area contributed by atoms with Gasteiger partial charge in [-0.15, -0.1) is 20.4 Å². The van der Waals surface area contributed by atoms with Crippen LogP contribution in [0.1, 0.15) is 5.82 Å². The molecule has 0 spiro atoms. The molecule has 2 rings (SSSR count). The zero-order valence-electron chi connectivity index (χ0n) is 9.84. The number of hydrogen-bond acceptors (Lipinski definition) is 6. The van der Waals surface area contributed by atoms with Crippen LogP contribution >= 0.6 is 0 Å². The predicted molar refractivity (Wildman–Crippen MR) is 60.9 cm³/mol. The summed E-state index contributed by atoms with van der Waals surface area (Å²) in [6.45, 7) is 1.73. The lowest BCUT2D eigenvalue weighted by atomic mass is 10.2. The SMILES string of the molecule is COc1ccc(-c2nnc(C)nn2)cc1OC. The Morgan fingerprint density at radius 1 is 0.882 bits per heavy atom. The summed E-state index contributed by atoms with van der Waals surface area (Å²) in [4.78, 5) is 0. The highest BCUT2D eigenvalue weighted by Gasteiger charge is 2.08. The molecule has 88 valence electrons. The quantitative estimate of drug-likeness (QED) is 0.793. The number of methoxy groups -OCH3 is 2. The van der Waals surface area contributed by atoms with Crippen LogP contribution in [0.4, 0.5) is 0 Å². The topological polar surface area (TPSA) is 70.0 Å². The van der Waals surface area contributed by atoms with Gasteiger partial charge in [-0.05, 0) is 25.1 Å². The number of benzene rings is 1. The number of nitrogens with zero attached hydrogens (tertiary/aromatic N) is 4. The van der Waals surface area contributed by atoms with Gasteiger partial charge in [0.05, 0.1) is 14.2 Å². The summed E-state index contributed by atoms with van der Waals surface area (Å²) in [5, 5.41) is 15.6. The summed E-state index contributed by atoms with van der Waals surface area (Å²) in [6, 6.07) is 5.40. The first-order valence-electron chi connectivity index (χ1n) is 5.01. The van der Waals surface area contributed by atoms with E-state index < -0.39 is 0 Å². The highest BCUT2D eigenvalue weighted by molar-refractivity contribution is 5.60. The third kappa shape index (κ3) is 2.30. The Morgan fingerprint density at radius 3 is 2.12 bits per heavy atom. The molecule has 0 aliphatic rings. The van der Waals surface area contributed by atoms with Crippen LogP contribution in [-0.4, -0.2) is 34.6 Å². The minimum absolute atomic E-state index is 0.455. The Balaban J connectivity index is 2.42. The van der Waals surface area contributed by atoms with E-state index in [4.69, 9.17) is 9.47 Å². The lowest BCUT2D eigenvalue weighted by Gasteiger charge is -2.08. The van der Waals surface area contributed by atoms with Gasteiger partial charge in [0, 0.05) is 5.56 Å². The molecule has 0 aliphatic heterocycles. The maximum absolute atomic E-state index is 5.20. The summed E-state index contributed by atoms with van der Waals surface area (Å²) in [5.41, 5.74) is 0.780. The van der Waals surface area contributed by atoms with Crippen LogP contribution in [0.2, 0.25) is 0 Å². The van der Waals surface area contributed by atoms with Gasteiger partial charge in [-0.25, -0.2) is 0 Å².